The van der Waals surface area contributed by atoms with Crippen LogP contribution in [0.15, 0.2) is 79.1 Å². The number of aryl methyl sites for hydroxylation is 1. The number of carbonyl (C=O) groups is 2. The number of anilines is 2. The van der Waals surface area contributed by atoms with Crippen molar-refractivity contribution in [1.82, 2.24) is 25.1 Å². The number of methoxy groups -OCH3 is 1. The van der Waals surface area contributed by atoms with E-state index >= 15 is 0 Å². The standard InChI is InChI=1S/C32H31N7O4/c1-20-13-15-33-27(18-20)36-31(40)21-5-11-25(12-6-21)43-26-14-16-34-29-28(26)30(38-37-29)35-23-4-3-17-39(19-23)32(41)22-7-9-24(42-2)10-8-22/h5-16,18,23H,3-4,17,19H2,1-2H3,(H,33,36,40)(H2,34,35,37,38). The van der Waals surface area contributed by atoms with Gasteiger partial charge in [0.2, 0.25) is 0 Å². The minimum atomic E-state index is -0.260. The zero-order chi connectivity index (χ0) is 29.8. The average Bonchev–Trinajstić information content (AvgIpc) is 3.44. The molecule has 4 heterocycles. The van der Waals surface area contributed by atoms with Crippen LogP contribution in [-0.2, 0) is 0 Å². The molecule has 1 fully saturated rings. The smallest absolute Gasteiger partial charge is 0.256 e. The normalized spacial score (nSPS) is 14.7. The van der Waals surface area contributed by atoms with Crippen molar-refractivity contribution in [3.8, 4) is 17.2 Å². The second kappa shape index (κ2) is 12.2. The number of aromatic nitrogens is 4. The molecule has 43 heavy (non-hydrogen) atoms. The highest BCUT2D eigenvalue weighted by Gasteiger charge is 2.26. The van der Waals surface area contributed by atoms with E-state index in [-0.39, 0.29) is 17.9 Å². The number of carbonyl (C=O) groups excluding carboxylic acids is 2. The van der Waals surface area contributed by atoms with E-state index in [0.717, 1.165) is 18.4 Å². The Morgan fingerprint density at radius 1 is 0.953 bits per heavy atom. The maximum absolute atomic E-state index is 13.2. The van der Waals surface area contributed by atoms with Gasteiger partial charge in [-0.05, 0) is 86.0 Å². The molecule has 0 spiro atoms. The molecule has 3 N–H and O–H groups in total. The molecule has 3 aromatic heterocycles. The Kier molecular flexibility index (Phi) is 7.86. The predicted molar refractivity (Wildman–Crippen MR) is 163 cm³/mol. The molecule has 1 saturated heterocycles. The molecule has 1 aliphatic rings. The Balaban J connectivity index is 1.14. The average molecular weight is 578 g/mol. The fourth-order valence-corrected chi connectivity index (χ4v) is 5.10. The second-order valence-electron chi connectivity index (χ2n) is 10.4. The third kappa shape index (κ3) is 6.25. The van der Waals surface area contributed by atoms with Crippen LogP contribution in [0.3, 0.4) is 0 Å². The number of likely N-dealkylation sites (tertiary alicyclic amines) is 1. The first-order valence-electron chi connectivity index (χ1n) is 14.0. The highest BCUT2D eigenvalue weighted by atomic mass is 16.5. The van der Waals surface area contributed by atoms with Gasteiger partial charge in [0.15, 0.2) is 11.5 Å². The van der Waals surface area contributed by atoms with Gasteiger partial charge in [0.05, 0.1) is 7.11 Å². The van der Waals surface area contributed by atoms with Gasteiger partial charge in [-0.25, -0.2) is 9.97 Å². The lowest BCUT2D eigenvalue weighted by atomic mass is 10.0. The minimum absolute atomic E-state index is 0.00353. The van der Waals surface area contributed by atoms with Gasteiger partial charge >= 0.3 is 0 Å². The number of piperidine rings is 1. The highest BCUT2D eigenvalue weighted by Crippen LogP contribution is 2.34. The molecule has 0 radical (unpaired) electrons. The SMILES string of the molecule is COc1ccc(C(=O)N2CCCC(Nc3n[nH]c4nccc(Oc5ccc(C(=O)Nc6cc(C)ccn6)cc5)c34)C2)cc1. The summed E-state index contributed by atoms with van der Waals surface area (Å²) in [5.41, 5.74) is 2.69. The van der Waals surface area contributed by atoms with E-state index in [1.54, 1.807) is 74.1 Å². The molecule has 1 aliphatic heterocycles. The van der Waals surface area contributed by atoms with E-state index in [2.05, 4.69) is 30.8 Å². The summed E-state index contributed by atoms with van der Waals surface area (Å²) in [6.45, 7) is 3.17. The number of nitrogens with one attached hydrogen (secondary N) is 3. The molecule has 0 saturated carbocycles. The van der Waals surface area contributed by atoms with Crippen molar-refractivity contribution in [2.24, 2.45) is 0 Å². The van der Waals surface area contributed by atoms with E-state index in [4.69, 9.17) is 9.47 Å². The van der Waals surface area contributed by atoms with Crippen LogP contribution in [0.25, 0.3) is 11.0 Å². The Morgan fingerprint density at radius 2 is 1.70 bits per heavy atom. The number of amides is 2. The zero-order valence-corrected chi connectivity index (χ0v) is 23.8. The van der Waals surface area contributed by atoms with Gasteiger partial charge in [-0.2, -0.15) is 5.10 Å². The van der Waals surface area contributed by atoms with Crippen LogP contribution in [0.1, 0.15) is 39.1 Å². The molecule has 1 unspecified atom stereocenters. The van der Waals surface area contributed by atoms with E-state index < -0.39 is 0 Å². The quantitative estimate of drug-likeness (QED) is 0.222. The van der Waals surface area contributed by atoms with Gasteiger partial charge < -0.3 is 25.0 Å². The number of rotatable bonds is 8. The topological polar surface area (TPSA) is 134 Å². The van der Waals surface area contributed by atoms with Crippen LogP contribution >= 0.6 is 0 Å². The van der Waals surface area contributed by atoms with Crippen LogP contribution in [0, 0.1) is 6.92 Å². The van der Waals surface area contributed by atoms with Crippen LogP contribution in [0.2, 0.25) is 0 Å². The van der Waals surface area contributed by atoms with Gasteiger partial charge in [0.25, 0.3) is 11.8 Å². The lowest BCUT2D eigenvalue weighted by Gasteiger charge is -2.33. The van der Waals surface area contributed by atoms with Crippen LogP contribution in [0.4, 0.5) is 11.6 Å². The molecule has 2 aromatic carbocycles. The first kappa shape index (κ1) is 27.7. The summed E-state index contributed by atoms with van der Waals surface area (Å²) in [5, 5.41) is 14.5. The number of benzene rings is 2. The van der Waals surface area contributed by atoms with Crippen molar-refractivity contribution < 1.29 is 19.1 Å². The summed E-state index contributed by atoms with van der Waals surface area (Å²) in [5.74, 6) is 2.65. The number of nitrogens with zero attached hydrogens (tertiary/aromatic N) is 4. The Hall–Kier alpha value is -5.45. The summed E-state index contributed by atoms with van der Waals surface area (Å²) < 4.78 is 11.4. The number of aromatic amines is 1. The number of H-pyrrole nitrogens is 1. The van der Waals surface area contributed by atoms with Crippen molar-refractivity contribution >= 4 is 34.5 Å². The third-order valence-corrected chi connectivity index (χ3v) is 7.31. The largest absolute Gasteiger partial charge is 0.497 e. The van der Waals surface area contributed by atoms with E-state index in [1.165, 1.54) is 0 Å². The van der Waals surface area contributed by atoms with E-state index in [9.17, 15) is 9.59 Å². The Bertz CT molecular complexity index is 1750. The predicted octanol–water partition coefficient (Wildman–Crippen LogP) is 5.43. The molecule has 11 nitrogen and oxygen atoms in total. The molecule has 1 atom stereocenters. The van der Waals surface area contributed by atoms with Crippen molar-refractivity contribution in [2.75, 3.05) is 30.8 Å². The zero-order valence-electron chi connectivity index (χ0n) is 23.8. The Labute approximate surface area is 248 Å². The van der Waals surface area contributed by atoms with Crippen LogP contribution in [0.5, 0.6) is 17.2 Å². The molecule has 11 heteroatoms. The molecule has 0 bridgehead atoms. The Morgan fingerprint density at radius 3 is 2.47 bits per heavy atom. The van der Waals surface area contributed by atoms with Gasteiger partial charge in [-0.15, -0.1) is 0 Å². The molecular weight excluding hydrogens is 546 g/mol. The maximum Gasteiger partial charge on any atom is 0.256 e. The minimum Gasteiger partial charge on any atom is -0.497 e. The number of hydrogen-bond donors (Lipinski definition) is 3. The molecule has 218 valence electrons. The lowest BCUT2D eigenvalue weighted by molar-refractivity contribution is 0.0714. The summed E-state index contributed by atoms with van der Waals surface area (Å²) in [6, 6.07) is 19.5. The van der Waals surface area contributed by atoms with E-state index in [0.29, 0.717) is 64.1 Å². The van der Waals surface area contributed by atoms with Gasteiger partial charge in [0.1, 0.15) is 28.5 Å². The summed E-state index contributed by atoms with van der Waals surface area (Å²) in [7, 11) is 1.60. The number of ether oxygens (including phenoxy) is 2. The monoisotopic (exact) mass is 577 g/mol. The summed E-state index contributed by atoms with van der Waals surface area (Å²) >= 11 is 0. The van der Waals surface area contributed by atoms with Gasteiger partial charge in [-0.3, -0.25) is 14.7 Å². The highest BCUT2D eigenvalue weighted by molar-refractivity contribution is 6.03. The maximum atomic E-state index is 13.2. The third-order valence-electron chi connectivity index (χ3n) is 7.31. The van der Waals surface area contributed by atoms with Crippen LogP contribution in [-0.4, -0.2) is 63.1 Å². The first-order valence-corrected chi connectivity index (χ1v) is 14.0. The number of pyridine rings is 2. The van der Waals surface area contributed by atoms with Gasteiger partial charge in [0, 0.05) is 48.7 Å². The molecule has 0 aliphatic carbocycles. The van der Waals surface area contributed by atoms with Gasteiger partial charge in [-0.1, -0.05) is 0 Å². The van der Waals surface area contributed by atoms with Crippen molar-refractivity contribution in [3.05, 3.63) is 95.8 Å². The van der Waals surface area contributed by atoms with E-state index in [1.807, 2.05) is 24.0 Å². The van der Waals surface area contributed by atoms with Crippen molar-refractivity contribution in [1.29, 1.82) is 0 Å². The number of hydrogen-bond acceptors (Lipinski definition) is 8. The summed E-state index contributed by atoms with van der Waals surface area (Å²) in [4.78, 5) is 36.3. The molecule has 6 rings (SSSR count). The molecule has 5 aromatic rings. The first-order chi connectivity index (χ1) is 21.0. The molecule has 2 amide bonds. The van der Waals surface area contributed by atoms with Crippen LogP contribution < -0.4 is 20.1 Å². The lowest BCUT2D eigenvalue weighted by Crippen LogP contribution is -2.45. The second-order valence-corrected chi connectivity index (χ2v) is 10.4. The van der Waals surface area contributed by atoms with Crippen molar-refractivity contribution in [3.63, 3.8) is 0 Å². The summed E-state index contributed by atoms with van der Waals surface area (Å²) in [6.07, 6.45) is 5.05. The fourth-order valence-electron chi connectivity index (χ4n) is 5.10. The van der Waals surface area contributed by atoms with Crippen molar-refractivity contribution in [2.45, 2.75) is 25.8 Å². The number of fused-ring (bicyclic) bond motifs is 1. The fraction of sp³-hybridized carbons (Fsp3) is 0.219. The molecular formula is C32H31N7O4.